The van der Waals surface area contributed by atoms with Gasteiger partial charge in [-0.1, -0.05) is 41.6 Å². The second kappa shape index (κ2) is 12.2. The molecule has 3 heterocycles. The number of thioether (sulfide) groups is 1. The average molecular weight is 589 g/mol. The number of thiophene rings is 1. The van der Waals surface area contributed by atoms with Crippen LogP contribution in [-0.2, 0) is 27.1 Å². The molecule has 10 heteroatoms. The van der Waals surface area contributed by atoms with Gasteiger partial charge in [-0.05, 0) is 67.3 Å². The first-order chi connectivity index (χ1) is 19.5. The SMILES string of the molecule is CCOC(=O)C1=C(CSc2nc3c(c(-c4cccs4)c2C#N)CCCC3)OC(N)=C(C#N)[C@@H]1c1ccc(Cl)cc1. The van der Waals surface area contributed by atoms with Crippen LogP contribution in [0.15, 0.2) is 69.6 Å². The fourth-order valence-electron chi connectivity index (χ4n) is 5.10. The molecule has 0 amide bonds. The number of fused-ring (bicyclic) bond motifs is 1. The van der Waals surface area contributed by atoms with Gasteiger partial charge < -0.3 is 15.2 Å². The molecule has 2 aromatic heterocycles. The van der Waals surface area contributed by atoms with Crippen LogP contribution in [0.25, 0.3) is 10.4 Å². The Morgan fingerprint density at radius 1 is 1.23 bits per heavy atom. The Bertz CT molecular complexity index is 1600. The molecular weight excluding hydrogens is 564 g/mol. The van der Waals surface area contributed by atoms with Crippen LogP contribution in [0.1, 0.15) is 48.1 Å². The zero-order chi connectivity index (χ0) is 28.2. The number of halogens is 1. The van der Waals surface area contributed by atoms with Crippen LogP contribution in [-0.4, -0.2) is 23.3 Å². The highest BCUT2D eigenvalue weighted by atomic mass is 35.5. The molecule has 1 aliphatic heterocycles. The summed E-state index contributed by atoms with van der Waals surface area (Å²) in [7, 11) is 0. The summed E-state index contributed by atoms with van der Waals surface area (Å²) in [6.07, 6.45) is 3.84. The molecule has 3 aromatic rings. The quantitative estimate of drug-likeness (QED) is 0.241. The van der Waals surface area contributed by atoms with Crippen LogP contribution >= 0.6 is 34.7 Å². The molecule has 1 aliphatic carbocycles. The molecule has 0 spiro atoms. The van der Waals surface area contributed by atoms with Crippen molar-refractivity contribution in [2.45, 2.75) is 43.6 Å². The van der Waals surface area contributed by atoms with E-state index in [4.69, 9.17) is 31.8 Å². The highest BCUT2D eigenvalue weighted by Crippen LogP contribution is 2.43. The topological polar surface area (TPSA) is 122 Å². The van der Waals surface area contributed by atoms with Crippen LogP contribution in [0.5, 0.6) is 0 Å². The maximum Gasteiger partial charge on any atom is 0.338 e. The maximum absolute atomic E-state index is 13.3. The molecule has 2 aliphatic rings. The summed E-state index contributed by atoms with van der Waals surface area (Å²) < 4.78 is 11.3. The average Bonchev–Trinajstić information content (AvgIpc) is 3.50. The van der Waals surface area contributed by atoms with Crippen molar-refractivity contribution in [3.05, 3.63) is 92.0 Å². The predicted octanol–water partition coefficient (Wildman–Crippen LogP) is 6.63. The first-order valence-corrected chi connectivity index (χ1v) is 15.1. The van der Waals surface area contributed by atoms with E-state index in [-0.39, 0.29) is 35.1 Å². The van der Waals surface area contributed by atoms with E-state index >= 15 is 0 Å². The van der Waals surface area contributed by atoms with E-state index in [0.717, 1.165) is 47.4 Å². The fourth-order valence-corrected chi connectivity index (χ4v) is 6.98. The molecule has 40 heavy (non-hydrogen) atoms. The van der Waals surface area contributed by atoms with Crippen molar-refractivity contribution in [2.75, 3.05) is 12.4 Å². The summed E-state index contributed by atoms with van der Waals surface area (Å²) in [5.74, 6) is -1.05. The summed E-state index contributed by atoms with van der Waals surface area (Å²) in [5, 5.41) is 23.3. The number of aromatic nitrogens is 1. The Hall–Kier alpha value is -3.76. The molecule has 0 unspecified atom stereocenters. The minimum absolute atomic E-state index is 0.0794. The lowest BCUT2D eigenvalue weighted by Crippen LogP contribution is -2.27. The Labute approximate surface area is 245 Å². The molecule has 0 saturated heterocycles. The third-order valence-corrected chi connectivity index (χ3v) is 8.97. The van der Waals surface area contributed by atoms with Crippen molar-refractivity contribution in [3.63, 3.8) is 0 Å². The molecule has 1 aromatic carbocycles. The fraction of sp³-hybridized carbons (Fsp3) is 0.267. The van der Waals surface area contributed by atoms with Gasteiger partial charge in [-0.15, -0.1) is 11.3 Å². The number of carbonyl (C=O) groups excluding carboxylic acids is 1. The summed E-state index contributed by atoms with van der Waals surface area (Å²) >= 11 is 9.02. The van der Waals surface area contributed by atoms with E-state index in [2.05, 4.69) is 12.1 Å². The van der Waals surface area contributed by atoms with Gasteiger partial charge in [0.15, 0.2) is 0 Å². The lowest BCUT2D eigenvalue weighted by molar-refractivity contribution is -0.139. The number of hydrogen-bond acceptors (Lipinski definition) is 9. The van der Waals surface area contributed by atoms with Gasteiger partial charge in [0.1, 0.15) is 28.5 Å². The van der Waals surface area contributed by atoms with E-state index in [9.17, 15) is 15.3 Å². The molecule has 0 fully saturated rings. The Morgan fingerprint density at radius 2 is 2.00 bits per heavy atom. The van der Waals surface area contributed by atoms with Gasteiger partial charge in [-0.2, -0.15) is 10.5 Å². The zero-order valence-corrected chi connectivity index (χ0v) is 24.1. The minimum atomic E-state index is -0.792. The molecule has 2 N–H and O–H groups in total. The molecular formula is C30H25ClN4O3S2. The molecule has 0 saturated carbocycles. The summed E-state index contributed by atoms with van der Waals surface area (Å²) in [6, 6.07) is 15.4. The predicted molar refractivity (Wildman–Crippen MR) is 155 cm³/mol. The Morgan fingerprint density at radius 3 is 2.67 bits per heavy atom. The van der Waals surface area contributed by atoms with Gasteiger partial charge in [0.2, 0.25) is 5.88 Å². The van der Waals surface area contributed by atoms with Crippen LogP contribution < -0.4 is 5.73 Å². The normalized spacial score (nSPS) is 16.6. The van der Waals surface area contributed by atoms with E-state index in [1.807, 2.05) is 17.5 Å². The highest BCUT2D eigenvalue weighted by Gasteiger charge is 2.38. The van der Waals surface area contributed by atoms with Crippen molar-refractivity contribution >= 4 is 40.7 Å². The lowest BCUT2D eigenvalue weighted by Gasteiger charge is -2.28. The molecule has 1 atom stereocenters. The third kappa shape index (κ3) is 5.33. The van der Waals surface area contributed by atoms with Crippen molar-refractivity contribution in [2.24, 2.45) is 5.73 Å². The van der Waals surface area contributed by atoms with Crippen molar-refractivity contribution in [3.8, 4) is 22.6 Å². The van der Waals surface area contributed by atoms with Gasteiger partial charge in [0, 0.05) is 21.2 Å². The summed E-state index contributed by atoms with van der Waals surface area (Å²) in [4.78, 5) is 19.3. The second-order valence-electron chi connectivity index (χ2n) is 9.21. The van der Waals surface area contributed by atoms with Crippen molar-refractivity contribution in [1.82, 2.24) is 4.98 Å². The van der Waals surface area contributed by atoms with Gasteiger partial charge in [-0.25, -0.2) is 9.78 Å². The Kier molecular flexibility index (Phi) is 8.46. The molecule has 202 valence electrons. The van der Waals surface area contributed by atoms with Crippen LogP contribution in [0.3, 0.4) is 0 Å². The van der Waals surface area contributed by atoms with Crippen molar-refractivity contribution < 1.29 is 14.3 Å². The van der Waals surface area contributed by atoms with Gasteiger partial charge >= 0.3 is 5.97 Å². The highest BCUT2D eigenvalue weighted by molar-refractivity contribution is 7.99. The zero-order valence-electron chi connectivity index (χ0n) is 21.7. The number of benzene rings is 1. The molecule has 7 nitrogen and oxygen atoms in total. The largest absolute Gasteiger partial charge is 0.463 e. The van der Waals surface area contributed by atoms with Crippen LogP contribution in [0.2, 0.25) is 5.02 Å². The number of nitriles is 2. The van der Waals surface area contributed by atoms with Crippen LogP contribution in [0, 0.1) is 22.7 Å². The molecule has 0 radical (unpaired) electrons. The molecule has 0 bridgehead atoms. The summed E-state index contributed by atoms with van der Waals surface area (Å²) in [5.41, 5.74) is 10.8. The summed E-state index contributed by atoms with van der Waals surface area (Å²) in [6.45, 7) is 1.86. The lowest BCUT2D eigenvalue weighted by atomic mass is 9.83. The number of esters is 1. The van der Waals surface area contributed by atoms with Gasteiger partial charge in [0.05, 0.1) is 29.4 Å². The smallest absolute Gasteiger partial charge is 0.338 e. The van der Waals surface area contributed by atoms with Crippen molar-refractivity contribution in [1.29, 1.82) is 10.5 Å². The number of nitrogens with two attached hydrogens (primary N) is 1. The van der Waals surface area contributed by atoms with Gasteiger partial charge in [-0.3, -0.25) is 0 Å². The number of pyridine rings is 1. The minimum Gasteiger partial charge on any atom is -0.463 e. The van der Waals surface area contributed by atoms with E-state index < -0.39 is 11.9 Å². The number of allylic oxidation sites excluding steroid dienone is 1. The van der Waals surface area contributed by atoms with E-state index in [1.54, 1.807) is 42.5 Å². The standard InChI is InChI=1S/C30H25ClN4O3S2/c1-2-37-30(36)27-23(38-28(34)20(14-32)25(27)17-9-11-18(31)12-10-17)16-40-29-21(15-33)26(24-8-5-13-39-24)19-6-3-4-7-22(19)35-29/h5,8-13,25H,2-4,6-7,16,34H2,1H3/t25-/m0/s1. The Balaban J connectivity index is 1.60. The van der Waals surface area contributed by atoms with E-state index in [0.29, 0.717) is 21.2 Å². The van der Waals surface area contributed by atoms with Gasteiger partial charge in [0.25, 0.3) is 0 Å². The number of aryl methyl sites for hydroxylation is 1. The maximum atomic E-state index is 13.3. The number of hydrogen-bond donors (Lipinski definition) is 1. The first-order valence-electron chi connectivity index (χ1n) is 12.8. The number of carbonyl (C=O) groups is 1. The van der Waals surface area contributed by atoms with E-state index in [1.165, 1.54) is 11.8 Å². The number of rotatable bonds is 7. The third-order valence-electron chi connectivity index (χ3n) is 6.86. The second-order valence-corrected chi connectivity index (χ2v) is 11.6. The van der Waals surface area contributed by atoms with Crippen LogP contribution in [0.4, 0.5) is 0 Å². The monoisotopic (exact) mass is 588 g/mol. The first kappa shape index (κ1) is 27.8. The number of nitrogens with zero attached hydrogens (tertiary/aromatic N) is 3. The molecule has 5 rings (SSSR count). The number of ether oxygens (including phenoxy) is 2.